The Bertz CT molecular complexity index is 722. The maximum Gasteiger partial charge on any atom is 0.300 e. The number of imidazole rings is 1. The van der Waals surface area contributed by atoms with Crippen LogP contribution in [-0.2, 0) is 6.54 Å². The van der Waals surface area contributed by atoms with Gasteiger partial charge in [-0.2, -0.15) is 4.98 Å². The van der Waals surface area contributed by atoms with E-state index in [0.717, 1.165) is 6.54 Å². The van der Waals surface area contributed by atoms with E-state index in [1.54, 1.807) is 6.07 Å². The van der Waals surface area contributed by atoms with Gasteiger partial charge >= 0.3 is 0 Å². The van der Waals surface area contributed by atoms with Crippen molar-refractivity contribution < 1.29 is 9.13 Å². The lowest BCUT2D eigenvalue weighted by Crippen LogP contribution is -2.04. The van der Waals surface area contributed by atoms with Gasteiger partial charge in [-0.3, -0.25) is 0 Å². The Labute approximate surface area is 115 Å². The number of aromatic amines is 1. The second-order valence-electron chi connectivity index (χ2n) is 4.48. The Kier molecular flexibility index (Phi) is 3.35. The lowest BCUT2D eigenvalue weighted by atomic mass is 10.2. The maximum absolute atomic E-state index is 13.1. The van der Waals surface area contributed by atoms with Crippen LogP contribution in [0.5, 0.6) is 11.8 Å². The van der Waals surface area contributed by atoms with E-state index in [4.69, 9.17) is 4.74 Å². The van der Waals surface area contributed by atoms with Crippen LogP contribution in [-0.4, -0.2) is 17.0 Å². The fraction of sp³-hybridized carbons (Fsp3) is 0.133. The molecule has 2 N–H and O–H groups in total. The van der Waals surface area contributed by atoms with E-state index in [9.17, 15) is 4.39 Å². The quantitative estimate of drug-likeness (QED) is 0.766. The first kappa shape index (κ1) is 12.6. The molecule has 0 spiro atoms. The fourth-order valence-corrected chi connectivity index (χ4v) is 2.00. The molecule has 3 aromatic rings. The van der Waals surface area contributed by atoms with Crippen LogP contribution in [0.25, 0.3) is 11.0 Å². The highest BCUT2D eigenvalue weighted by Crippen LogP contribution is 2.22. The van der Waals surface area contributed by atoms with Crippen LogP contribution in [0.1, 0.15) is 5.56 Å². The summed E-state index contributed by atoms with van der Waals surface area (Å²) in [7, 11) is 1.90. The fourth-order valence-electron chi connectivity index (χ4n) is 2.00. The first-order valence-corrected chi connectivity index (χ1v) is 6.31. The minimum atomic E-state index is -0.302. The zero-order valence-corrected chi connectivity index (χ0v) is 11.0. The van der Waals surface area contributed by atoms with Crippen molar-refractivity contribution in [2.75, 3.05) is 7.05 Å². The lowest BCUT2D eigenvalue weighted by Gasteiger charge is -2.03. The van der Waals surface area contributed by atoms with Crippen molar-refractivity contribution in [2.45, 2.75) is 6.54 Å². The summed E-state index contributed by atoms with van der Waals surface area (Å²) in [6, 6.07) is 12.4. The van der Waals surface area contributed by atoms with Gasteiger partial charge in [-0.1, -0.05) is 12.1 Å². The van der Waals surface area contributed by atoms with Crippen molar-refractivity contribution in [3.05, 3.63) is 53.8 Å². The van der Waals surface area contributed by atoms with Crippen molar-refractivity contribution in [1.29, 1.82) is 0 Å². The third-order valence-corrected chi connectivity index (χ3v) is 2.94. The van der Waals surface area contributed by atoms with Gasteiger partial charge in [0.05, 0.1) is 11.0 Å². The van der Waals surface area contributed by atoms with Crippen molar-refractivity contribution in [3.8, 4) is 11.8 Å². The number of nitrogens with one attached hydrogen (secondary N) is 2. The van der Waals surface area contributed by atoms with Crippen LogP contribution in [0.4, 0.5) is 4.39 Å². The molecule has 0 radical (unpaired) electrons. The van der Waals surface area contributed by atoms with Crippen LogP contribution in [0.2, 0.25) is 0 Å². The van der Waals surface area contributed by atoms with E-state index in [1.165, 1.54) is 17.7 Å². The highest BCUT2D eigenvalue weighted by atomic mass is 19.1. The molecule has 1 heterocycles. The first-order chi connectivity index (χ1) is 9.74. The average molecular weight is 271 g/mol. The third-order valence-electron chi connectivity index (χ3n) is 2.94. The molecule has 2 aromatic carbocycles. The predicted octanol–water partition coefficient (Wildman–Crippen LogP) is 3.21. The number of hydrogen-bond donors (Lipinski definition) is 2. The van der Waals surface area contributed by atoms with Crippen LogP contribution < -0.4 is 10.1 Å². The molecule has 20 heavy (non-hydrogen) atoms. The third kappa shape index (κ3) is 2.62. The Morgan fingerprint density at radius 3 is 2.75 bits per heavy atom. The van der Waals surface area contributed by atoms with Gasteiger partial charge in [0.2, 0.25) is 0 Å². The largest absolute Gasteiger partial charge is 0.426 e. The molecule has 0 saturated heterocycles. The van der Waals surface area contributed by atoms with Crippen molar-refractivity contribution in [2.24, 2.45) is 0 Å². The van der Waals surface area contributed by atoms with E-state index >= 15 is 0 Å². The van der Waals surface area contributed by atoms with Gasteiger partial charge in [-0.15, -0.1) is 0 Å². The lowest BCUT2D eigenvalue weighted by molar-refractivity contribution is 0.449. The number of fused-ring (bicyclic) bond motifs is 1. The molecule has 102 valence electrons. The standard InChI is InChI=1S/C15H14FN3O/c1-17-9-10-2-5-12(6-3-10)20-15-18-13-7-4-11(16)8-14(13)19-15/h2-8,17H,9H2,1H3,(H,18,19). The number of nitrogens with zero attached hydrogens (tertiary/aromatic N) is 1. The number of aromatic nitrogens is 2. The van der Waals surface area contributed by atoms with Gasteiger partial charge in [0.1, 0.15) is 11.6 Å². The summed E-state index contributed by atoms with van der Waals surface area (Å²) in [4.78, 5) is 7.19. The molecule has 3 rings (SSSR count). The number of benzene rings is 2. The van der Waals surface area contributed by atoms with Crippen LogP contribution in [0, 0.1) is 5.82 Å². The van der Waals surface area contributed by atoms with E-state index < -0.39 is 0 Å². The molecule has 0 aliphatic carbocycles. The molecule has 0 atom stereocenters. The normalized spacial score (nSPS) is 10.9. The van der Waals surface area contributed by atoms with Gasteiger partial charge in [0, 0.05) is 6.54 Å². The summed E-state index contributed by atoms with van der Waals surface area (Å²) in [5.74, 6) is 0.383. The van der Waals surface area contributed by atoms with Crippen molar-refractivity contribution >= 4 is 11.0 Å². The molecule has 4 nitrogen and oxygen atoms in total. The molecule has 0 bridgehead atoms. The van der Waals surface area contributed by atoms with E-state index in [2.05, 4.69) is 15.3 Å². The monoisotopic (exact) mass is 271 g/mol. The van der Waals surface area contributed by atoms with Gasteiger partial charge in [-0.25, -0.2) is 4.39 Å². The van der Waals surface area contributed by atoms with E-state index in [0.29, 0.717) is 22.8 Å². The van der Waals surface area contributed by atoms with Crippen molar-refractivity contribution in [1.82, 2.24) is 15.3 Å². The summed E-state index contributed by atoms with van der Waals surface area (Å²) in [5.41, 5.74) is 2.46. The highest BCUT2D eigenvalue weighted by molar-refractivity contribution is 5.75. The molecule has 0 aliphatic heterocycles. The second kappa shape index (κ2) is 5.30. The van der Waals surface area contributed by atoms with Gasteiger partial charge in [0.15, 0.2) is 0 Å². The molecule has 0 aliphatic rings. The van der Waals surface area contributed by atoms with Crippen LogP contribution in [0.15, 0.2) is 42.5 Å². The summed E-state index contributed by atoms with van der Waals surface area (Å²) in [6.45, 7) is 0.810. The summed E-state index contributed by atoms with van der Waals surface area (Å²) in [5, 5.41) is 3.08. The molecule has 0 unspecified atom stereocenters. The molecule has 0 amide bonds. The summed E-state index contributed by atoms with van der Waals surface area (Å²) >= 11 is 0. The number of hydrogen-bond acceptors (Lipinski definition) is 3. The maximum atomic E-state index is 13.1. The highest BCUT2D eigenvalue weighted by Gasteiger charge is 2.05. The second-order valence-corrected chi connectivity index (χ2v) is 4.48. The van der Waals surface area contributed by atoms with E-state index in [1.807, 2.05) is 31.3 Å². The summed E-state index contributed by atoms with van der Waals surface area (Å²) < 4.78 is 18.7. The number of halogens is 1. The zero-order valence-electron chi connectivity index (χ0n) is 11.0. The zero-order chi connectivity index (χ0) is 13.9. The predicted molar refractivity (Wildman–Crippen MR) is 75.3 cm³/mol. The average Bonchev–Trinajstić information content (AvgIpc) is 2.82. The Morgan fingerprint density at radius 1 is 1.20 bits per heavy atom. The summed E-state index contributed by atoms with van der Waals surface area (Å²) in [6.07, 6.45) is 0. The van der Waals surface area contributed by atoms with Gasteiger partial charge in [-0.05, 0) is 42.9 Å². The SMILES string of the molecule is CNCc1ccc(Oc2nc3ccc(F)cc3[nH]2)cc1. The molecule has 0 saturated carbocycles. The molecular formula is C15H14FN3O. The van der Waals surface area contributed by atoms with Crippen LogP contribution >= 0.6 is 0 Å². The minimum Gasteiger partial charge on any atom is -0.426 e. The molecule has 5 heteroatoms. The Hall–Kier alpha value is -2.40. The Morgan fingerprint density at radius 2 is 2.00 bits per heavy atom. The molecule has 1 aromatic heterocycles. The topological polar surface area (TPSA) is 49.9 Å². The first-order valence-electron chi connectivity index (χ1n) is 6.31. The number of H-pyrrole nitrogens is 1. The number of rotatable bonds is 4. The smallest absolute Gasteiger partial charge is 0.300 e. The molecular weight excluding hydrogens is 257 g/mol. The molecule has 0 fully saturated rings. The van der Waals surface area contributed by atoms with Gasteiger partial charge < -0.3 is 15.0 Å². The Balaban J connectivity index is 1.81. The number of ether oxygens (including phenoxy) is 1. The minimum absolute atomic E-state index is 0.302. The van der Waals surface area contributed by atoms with E-state index in [-0.39, 0.29) is 5.82 Å². The van der Waals surface area contributed by atoms with Crippen LogP contribution in [0.3, 0.4) is 0 Å². The van der Waals surface area contributed by atoms with Gasteiger partial charge in [0.25, 0.3) is 6.01 Å². The van der Waals surface area contributed by atoms with Crippen molar-refractivity contribution in [3.63, 3.8) is 0 Å².